The van der Waals surface area contributed by atoms with Crippen molar-refractivity contribution in [2.45, 2.75) is 25.3 Å². The lowest BCUT2D eigenvalue weighted by Crippen LogP contribution is -2.38. The molecule has 0 aromatic carbocycles. The summed E-state index contributed by atoms with van der Waals surface area (Å²) in [5.41, 5.74) is 0. The van der Waals surface area contributed by atoms with Crippen LogP contribution >= 0.6 is 0 Å². The summed E-state index contributed by atoms with van der Waals surface area (Å²) in [6.07, 6.45) is 2.51. The van der Waals surface area contributed by atoms with Crippen molar-refractivity contribution in [3.8, 4) is 0 Å². The number of amides is 1. The van der Waals surface area contributed by atoms with Gasteiger partial charge in [-0.15, -0.1) is 0 Å². The molecule has 2 N–H and O–H groups in total. The van der Waals surface area contributed by atoms with Crippen molar-refractivity contribution in [3.63, 3.8) is 0 Å². The highest BCUT2D eigenvalue weighted by atomic mass is 16.3. The fourth-order valence-electron chi connectivity index (χ4n) is 1.73. The van der Waals surface area contributed by atoms with E-state index in [4.69, 9.17) is 5.11 Å². The maximum atomic E-state index is 11.5. The van der Waals surface area contributed by atoms with Crippen LogP contribution in [0.3, 0.4) is 0 Å². The van der Waals surface area contributed by atoms with Crippen LogP contribution in [0.15, 0.2) is 0 Å². The summed E-state index contributed by atoms with van der Waals surface area (Å²) in [5.74, 6) is 0.158. The van der Waals surface area contributed by atoms with Gasteiger partial charge in [-0.05, 0) is 19.9 Å². The minimum Gasteiger partial charge on any atom is -0.394 e. The van der Waals surface area contributed by atoms with Gasteiger partial charge in [0, 0.05) is 19.5 Å². The molecule has 0 aliphatic carbocycles. The van der Waals surface area contributed by atoms with Crippen LogP contribution in [0.25, 0.3) is 0 Å². The Labute approximate surface area is 78.9 Å². The number of hydrogen-bond acceptors (Lipinski definition) is 3. The molecule has 0 bridgehead atoms. The van der Waals surface area contributed by atoms with Crippen molar-refractivity contribution in [2.24, 2.45) is 0 Å². The summed E-state index contributed by atoms with van der Waals surface area (Å²) in [7, 11) is 1.83. The maximum Gasteiger partial charge on any atom is 0.224 e. The van der Waals surface area contributed by atoms with Gasteiger partial charge in [-0.1, -0.05) is 0 Å². The van der Waals surface area contributed by atoms with E-state index in [-0.39, 0.29) is 18.6 Å². The Bertz CT molecular complexity index is 173. The molecule has 1 fully saturated rings. The van der Waals surface area contributed by atoms with Crippen molar-refractivity contribution >= 4 is 5.91 Å². The van der Waals surface area contributed by atoms with Crippen LogP contribution in [0.1, 0.15) is 19.3 Å². The predicted octanol–water partition coefficient (Wildman–Crippen LogP) is -0.421. The Morgan fingerprint density at radius 2 is 2.46 bits per heavy atom. The molecule has 1 saturated heterocycles. The largest absolute Gasteiger partial charge is 0.394 e. The van der Waals surface area contributed by atoms with E-state index in [0.29, 0.717) is 13.0 Å². The molecule has 4 nitrogen and oxygen atoms in total. The van der Waals surface area contributed by atoms with Gasteiger partial charge in [-0.25, -0.2) is 0 Å². The van der Waals surface area contributed by atoms with E-state index in [1.165, 1.54) is 0 Å². The van der Waals surface area contributed by atoms with Crippen molar-refractivity contribution in [3.05, 3.63) is 0 Å². The molecular formula is C9H18N2O2. The van der Waals surface area contributed by atoms with Gasteiger partial charge in [-0.3, -0.25) is 4.79 Å². The molecule has 1 aliphatic rings. The summed E-state index contributed by atoms with van der Waals surface area (Å²) in [6, 6.07) is 0.0735. The Kier molecular flexibility index (Phi) is 4.18. The summed E-state index contributed by atoms with van der Waals surface area (Å²) in [4.78, 5) is 13.4. The summed E-state index contributed by atoms with van der Waals surface area (Å²) >= 11 is 0. The highest BCUT2D eigenvalue weighted by Gasteiger charge is 2.27. The molecule has 0 spiro atoms. The average molecular weight is 186 g/mol. The Morgan fingerprint density at radius 1 is 1.69 bits per heavy atom. The van der Waals surface area contributed by atoms with E-state index < -0.39 is 0 Å². The van der Waals surface area contributed by atoms with Crippen molar-refractivity contribution in [1.82, 2.24) is 10.2 Å². The molecule has 0 unspecified atom stereocenters. The zero-order chi connectivity index (χ0) is 9.68. The summed E-state index contributed by atoms with van der Waals surface area (Å²) < 4.78 is 0. The second kappa shape index (κ2) is 5.19. The summed E-state index contributed by atoms with van der Waals surface area (Å²) in [6.45, 7) is 1.63. The van der Waals surface area contributed by atoms with Gasteiger partial charge in [-0.2, -0.15) is 0 Å². The van der Waals surface area contributed by atoms with Crippen molar-refractivity contribution in [1.29, 1.82) is 0 Å². The second-order valence-corrected chi connectivity index (χ2v) is 3.42. The van der Waals surface area contributed by atoms with Crippen LogP contribution in [-0.4, -0.2) is 48.7 Å². The second-order valence-electron chi connectivity index (χ2n) is 3.42. The number of hydrogen-bond donors (Lipinski definition) is 2. The quantitative estimate of drug-likeness (QED) is 0.627. The van der Waals surface area contributed by atoms with E-state index >= 15 is 0 Å². The van der Waals surface area contributed by atoms with Gasteiger partial charge in [0.05, 0.1) is 12.6 Å². The van der Waals surface area contributed by atoms with Crippen LogP contribution in [0.2, 0.25) is 0 Å². The highest BCUT2D eigenvalue weighted by Crippen LogP contribution is 2.17. The van der Waals surface area contributed by atoms with E-state index in [2.05, 4.69) is 5.32 Å². The van der Waals surface area contributed by atoms with E-state index in [1.807, 2.05) is 7.05 Å². The molecule has 0 radical (unpaired) electrons. The van der Waals surface area contributed by atoms with Gasteiger partial charge >= 0.3 is 0 Å². The van der Waals surface area contributed by atoms with Gasteiger partial charge in [0.25, 0.3) is 0 Å². The number of aliphatic hydroxyl groups excluding tert-OH is 1. The molecule has 1 heterocycles. The number of aliphatic hydroxyl groups is 1. The first-order valence-electron chi connectivity index (χ1n) is 4.84. The number of carbonyl (C=O) groups excluding carboxylic acids is 1. The van der Waals surface area contributed by atoms with Crippen LogP contribution < -0.4 is 5.32 Å². The molecule has 0 aromatic heterocycles. The molecular weight excluding hydrogens is 168 g/mol. The van der Waals surface area contributed by atoms with Gasteiger partial charge in [0.15, 0.2) is 0 Å². The first-order chi connectivity index (χ1) is 6.29. The van der Waals surface area contributed by atoms with Crippen molar-refractivity contribution in [2.75, 3.05) is 26.7 Å². The molecule has 76 valence electrons. The molecule has 1 atom stereocenters. The lowest BCUT2D eigenvalue weighted by atomic mass is 10.2. The zero-order valence-electron chi connectivity index (χ0n) is 8.12. The van der Waals surface area contributed by atoms with E-state index in [1.54, 1.807) is 4.90 Å². The lowest BCUT2D eigenvalue weighted by Gasteiger charge is -2.22. The number of rotatable bonds is 4. The lowest BCUT2D eigenvalue weighted by molar-refractivity contribution is -0.132. The number of nitrogens with one attached hydrogen (secondary N) is 1. The minimum atomic E-state index is 0.0735. The topological polar surface area (TPSA) is 52.6 Å². The van der Waals surface area contributed by atoms with Crippen LogP contribution in [0.4, 0.5) is 0 Å². The third-order valence-corrected chi connectivity index (χ3v) is 2.50. The molecule has 0 aromatic rings. The van der Waals surface area contributed by atoms with Gasteiger partial charge in [0.1, 0.15) is 0 Å². The Hall–Kier alpha value is -0.610. The standard InChI is InChI=1S/C9H18N2O2/c1-10-5-4-9(13)11-6-2-3-8(11)7-12/h8,10,12H,2-7H2,1H3/t8-/m1/s1. The van der Waals surface area contributed by atoms with E-state index in [9.17, 15) is 4.79 Å². The van der Waals surface area contributed by atoms with Crippen LogP contribution in [-0.2, 0) is 4.79 Å². The van der Waals surface area contributed by atoms with Gasteiger partial charge in [0.2, 0.25) is 5.91 Å². The van der Waals surface area contributed by atoms with Crippen molar-refractivity contribution < 1.29 is 9.90 Å². The first kappa shape index (κ1) is 10.5. The van der Waals surface area contributed by atoms with Gasteiger partial charge < -0.3 is 15.3 Å². The fraction of sp³-hybridized carbons (Fsp3) is 0.889. The highest BCUT2D eigenvalue weighted by molar-refractivity contribution is 5.77. The van der Waals surface area contributed by atoms with E-state index in [0.717, 1.165) is 19.4 Å². The maximum absolute atomic E-state index is 11.5. The minimum absolute atomic E-state index is 0.0735. The summed E-state index contributed by atoms with van der Waals surface area (Å²) in [5, 5.41) is 11.9. The molecule has 0 saturated carbocycles. The molecule has 4 heteroatoms. The number of nitrogens with zero attached hydrogens (tertiary/aromatic N) is 1. The normalized spacial score (nSPS) is 22.3. The van der Waals surface area contributed by atoms with Crippen LogP contribution in [0, 0.1) is 0 Å². The number of likely N-dealkylation sites (tertiary alicyclic amines) is 1. The molecule has 1 rings (SSSR count). The monoisotopic (exact) mass is 186 g/mol. The third kappa shape index (κ3) is 2.67. The SMILES string of the molecule is CNCCC(=O)N1CCC[C@@H]1CO. The molecule has 1 amide bonds. The molecule has 1 aliphatic heterocycles. The smallest absolute Gasteiger partial charge is 0.224 e. The fourth-order valence-corrected chi connectivity index (χ4v) is 1.73. The van der Waals surface area contributed by atoms with Crippen LogP contribution in [0.5, 0.6) is 0 Å². The number of carbonyl (C=O) groups is 1. The third-order valence-electron chi connectivity index (χ3n) is 2.50. The Balaban J connectivity index is 2.36. The Morgan fingerprint density at radius 3 is 3.08 bits per heavy atom. The predicted molar refractivity (Wildman–Crippen MR) is 50.4 cm³/mol. The first-order valence-corrected chi connectivity index (χ1v) is 4.84. The molecule has 13 heavy (non-hydrogen) atoms. The average Bonchev–Trinajstić information content (AvgIpc) is 2.61. The zero-order valence-corrected chi connectivity index (χ0v) is 8.12.